The van der Waals surface area contributed by atoms with Gasteiger partial charge in [0.15, 0.2) is 11.0 Å². The summed E-state index contributed by atoms with van der Waals surface area (Å²) in [5.41, 5.74) is 0. The van der Waals surface area contributed by atoms with Crippen molar-refractivity contribution >= 4 is 17.7 Å². The molecule has 1 aromatic carbocycles. The number of para-hydroxylation sites is 1. The van der Waals surface area contributed by atoms with Gasteiger partial charge in [0, 0.05) is 12.6 Å². The van der Waals surface area contributed by atoms with Crippen LogP contribution in [0.15, 0.2) is 35.5 Å². The van der Waals surface area contributed by atoms with Gasteiger partial charge in [-0.15, -0.1) is 10.2 Å². The van der Waals surface area contributed by atoms with Crippen molar-refractivity contribution in [1.82, 2.24) is 20.1 Å². The van der Waals surface area contributed by atoms with Gasteiger partial charge >= 0.3 is 0 Å². The van der Waals surface area contributed by atoms with E-state index in [4.69, 9.17) is 4.74 Å². The Bertz CT molecular complexity index is 735. The predicted octanol–water partition coefficient (Wildman–Crippen LogP) is 3.66. The van der Waals surface area contributed by atoms with E-state index in [2.05, 4.69) is 22.4 Å². The lowest BCUT2D eigenvalue weighted by atomic mass is 9.86. The first kappa shape index (κ1) is 19.7. The van der Waals surface area contributed by atoms with Gasteiger partial charge in [0.2, 0.25) is 5.91 Å². The van der Waals surface area contributed by atoms with Crippen LogP contribution in [0.3, 0.4) is 0 Å². The molecule has 0 bridgehead atoms. The van der Waals surface area contributed by atoms with Gasteiger partial charge in [-0.3, -0.25) is 4.79 Å². The Hall–Kier alpha value is -2.02. The summed E-state index contributed by atoms with van der Waals surface area (Å²) >= 11 is 1.43. The van der Waals surface area contributed by atoms with E-state index >= 15 is 0 Å². The van der Waals surface area contributed by atoms with Crippen LogP contribution in [0.25, 0.3) is 0 Å². The van der Waals surface area contributed by atoms with E-state index < -0.39 is 0 Å². The molecule has 146 valence electrons. The van der Waals surface area contributed by atoms with Crippen molar-refractivity contribution in [3.63, 3.8) is 0 Å². The number of amides is 1. The molecule has 0 saturated heterocycles. The molecule has 1 amide bonds. The highest BCUT2D eigenvalue weighted by molar-refractivity contribution is 7.99. The van der Waals surface area contributed by atoms with Crippen molar-refractivity contribution in [1.29, 1.82) is 0 Å². The number of thioether (sulfide) groups is 1. The highest BCUT2D eigenvalue weighted by Crippen LogP contribution is 2.24. The molecule has 7 heteroatoms. The maximum absolute atomic E-state index is 12.3. The molecule has 1 heterocycles. The van der Waals surface area contributed by atoms with Gasteiger partial charge in [-0.25, -0.2) is 0 Å². The third-order valence-corrected chi connectivity index (χ3v) is 5.98. The molecule has 0 aliphatic heterocycles. The fraction of sp³-hybridized carbons (Fsp3) is 0.550. The minimum atomic E-state index is 0.0755. The number of aromatic nitrogens is 3. The lowest BCUT2D eigenvalue weighted by molar-refractivity contribution is -0.119. The molecule has 0 spiro atoms. The molecule has 0 unspecified atom stereocenters. The number of hydrogen-bond acceptors (Lipinski definition) is 5. The first-order valence-corrected chi connectivity index (χ1v) is 10.7. The van der Waals surface area contributed by atoms with Gasteiger partial charge in [-0.1, -0.05) is 49.7 Å². The SMILES string of the molecule is CCn1c(COc2ccccc2)nnc1SCC(=O)N[C@@H]1CCCC[C@@H]1C. The Morgan fingerprint density at radius 3 is 2.78 bits per heavy atom. The van der Waals surface area contributed by atoms with Crippen molar-refractivity contribution in [3.8, 4) is 5.75 Å². The molecule has 6 nitrogen and oxygen atoms in total. The maximum atomic E-state index is 12.3. The number of ether oxygens (including phenoxy) is 1. The lowest BCUT2D eigenvalue weighted by Crippen LogP contribution is -2.41. The van der Waals surface area contributed by atoms with Crippen LogP contribution in [-0.2, 0) is 17.9 Å². The van der Waals surface area contributed by atoms with E-state index in [0.717, 1.165) is 29.7 Å². The lowest BCUT2D eigenvalue weighted by Gasteiger charge is -2.29. The second-order valence-electron chi connectivity index (χ2n) is 6.97. The van der Waals surface area contributed by atoms with Gasteiger partial charge in [0.25, 0.3) is 0 Å². The summed E-state index contributed by atoms with van der Waals surface area (Å²) in [6.07, 6.45) is 4.77. The molecular formula is C20H28N4O2S. The largest absolute Gasteiger partial charge is 0.486 e. The molecule has 1 aromatic heterocycles. The first-order chi connectivity index (χ1) is 13.2. The average Bonchev–Trinajstić information content (AvgIpc) is 3.09. The number of benzene rings is 1. The molecule has 27 heavy (non-hydrogen) atoms. The van der Waals surface area contributed by atoms with Crippen LogP contribution >= 0.6 is 11.8 Å². The Kier molecular flexibility index (Phi) is 7.15. The molecule has 1 aliphatic rings. The van der Waals surface area contributed by atoms with Crippen molar-refractivity contribution < 1.29 is 9.53 Å². The third kappa shape index (κ3) is 5.48. The standard InChI is InChI=1S/C20H28N4O2S/c1-3-24-18(13-26-16-10-5-4-6-11-16)22-23-20(24)27-14-19(25)21-17-12-8-7-9-15(17)2/h4-6,10-11,15,17H,3,7-9,12-14H2,1-2H3,(H,21,25)/t15-,17+/m0/s1. The van der Waals surface area contributed by atoms with Crippen LogP contribution < -0.4 is 10.1 Å². The summed E-state index contributed by atoms with van der Waals surface area (Å²) in [6, 6.07) is 9.97. The second-order valence-corrected chi connectivity index (χ2v) is 7.91. The summed E-state index contributed by atoms with van der Waals surface area (Å²) in [5, 5.41) is 12.4. The van der Waals surface area contributed by atoms with Gasteiger partial charge in [0.05, 0.1) is 5.75 Å². The summed E-state index contributed by atoms with van der Waals surface area (Å²) in [6.45, 7) is 5.37. The topological polar surface area (TPSA) is 69.0 Å². The first-order valence-electron chi connectivity index (χ1n) is 9.69. The quantitative estimate of drug-likeness (QED) is 0.699. The van der Waals surface area contributed by atoms with E-state index in [-0.39, 0.29) is 5.91 Å². The number of nitrogens with one attached hydrogen (secondary N) is 1. The van der Waals surface area contributed by atoms with Crippen LogP contribution in [0.2, 0.25) is 0 Å². The molecule has 2 aromatic rings. The number of carbonyl (C=O) groups is 1. The summed E-state index contributed by atoms with van der Waals surface area (Å²) in [7, 11) is 0. The summed E-state index contributed by atoms with van der Waals surface area (Å²) in [4.78, 5) is 12.3. The minimum absolute atomic E-state index is 0.0755. The van der Waals surface area contributed by atoms with Crippen molar-refractivity contribution in [3.05, 3.63) is 36.2 Å². The molecule has 1 aliphatic carbocycles. The van der Waals surface area contributed by atoms with Crippen LogP contribution in [0.1, 0.15) is 45.4 Å². The van der Waals surface area contributed by atoms with E-state index in [1.165, 1.54) is 31.0 Å². The van der Waals surface area contributed by atoms with Crippen molar-refractivity contribution in [2.45, 2.75) is 63.9 Å². The molecule has 3 rings (SSSR count). The van der Waals surface area contributed by atoms with Crippen LogP contribution in [0.5, 0.6) is 5.75 Å². The Morgan fingerprint density at radius 2 is 2.04 bits per heavy atom. The number of nitrogens with zero attached hydrogens (tertiary/aromatic N) is 3. The van der Waals surface area contributed by atoms with E-state index in [9.17, 15) is 4.79 Å². The van der Waals surface area contributed by atoms with Gasteiger partial charge < -0.3 is 14.6 Å². The Balaban J connectivity index is 1.52. The highest BCUT2D eigenvalue weighted by Gasteiger charge is 2.23. The number of hydrogen-bond donors (Lipinski definition) is 1. The summed E-state index contributed by atoms with van der Waals surface area (Å²) < 4.78 is 7.78. The van der Waals surface area contributed by atoms with E-state index in [1.54, 1.807) is 0 Å². The van der Waals surface area contributed by atoms with Crippen molar-refractivity contribution in [2.24, 2.45) is 5.92 Å². The summed E-state index contributed by atoms with van der Waals surface area (Å²) in [5.74, 6) is 2.57. The molecule has 0 radical (unpaired) electrons. The molecule has 1 fully saturated rings. The fourth-order valence-electron chi connectivity index (χ4n) is 3.42. The zero-order valence-corrected chi connectivity index (χ0v) is 16.9. The molecule has 1 saturated carbocycles. The van der Waals surface area contributed by atoms with Crippen LogP contribution in [0, 0.1) is 5.92 Å². The predicted molar refractivity (Wildman–Crippen MR) is 107 cm³/mol. The fourth-order valence-corrected chi connectivity index (χ4v) is 4.26. The third-order valence-electron chi connectivity index (χ3n) is 5.01. The molecule has 2 atom stereocenters. The zero-order chi connectivity index (χ0) is 19.1. The number of carbonyl (C=O) groups excluding carboxylic acids is 1. The normalized spacial score (nSPS) is 19.6. The van der Waals surface area contributed by atoms with Crippen LogP contribution in [-0.4, -0.2) is 32.5 Å². The molecular weight excluding hydrogens is 360 g/mol. The smallest absolute Gasteiger partial charge is 0.230 e. The van der Waals surface area contributed by atoms with Gasteiger partial charge in [-0.05, 0) is 37.8 Å². The highest BCUT2D eigenvalue weighted by atomic mass is 32.2. The maximum Gasteiger partial charge on any atom is 0.230 e. The van der Waals surface area contributed by atoms with Crippen LogP contribution in [0.4, 0.5) is 0 Å². The number of rotatable bonds is 8. The average molecular weight is 389 g/mol. The van der Waals surface area contributed by atoms with Gasteiger partial charge in [-0.2, -0.15) is 0 Å². The Labute approximate surface area is 165 Å². The Morgan fingerprint density at radius 1 is 1.26 bits per heavy atom. The molecule has 1 N–H and O–H groups in total. The second kappa shape index (κ2) is 9.78. The zero-order valence-electron chi connectivity index (χ0n) is 16.1. The van der Waals surface area contributed by atoms with E-state index in [1.807, 2.05) is 41.8 Å². The van der Waals surface area contributed by atoms with E-state index in [0.29, 0.717) is 24.3 Å². The minimum Gasteiger partial charge on any atom is -0.486 e. The monoisotopic (exact) mass is 388 g/mol. The van der Waals surface area contributed by atoms with Gasteiger partial charge in [0.1, 0.15) is 12.4 Å². The van der Waals surface area contributed by atoms with Crippen molar-refractivity contribution in [2.75, 3.05) is 5.75 Å².